The van der Waals surface area contributed by atoms with Gasteiger partial charge >= 0.3 is 0 Å². The Bertz CT molecular complexity index is 446. The zero-order valence-electron chi connectivity index (χ0n) is 12.1. The second-order valence-corrected chi connectivity index (χ2v) is 7.77. The molecule has 0 saturated heterocycles. The molecule has 1 aliphatic heterocycles. The minimum Gasteiger partial charge on any atom is -0.335 e. The molecule has 0 saturated carbocycles. The number of rotatable bonds is 2. The summed E-state index contributed by atoms with van der Waals surface area (Å²) in [7, 11) is 0. The third-order valence-corrected chi connectivity index (χ3v) is 4.91. The van der Waals surface area contributed by atoms with Crippen LogP contribution < -0.4 is 5.32 Å². The lowest BCUT2D eigenvalue weighted by Gasteiger charge is -2.31. The topological polar surface area (TPSA) is 24.4 Å². The summed E-state index contributed by atoms with van der Waals surface area (Å²) in [5, 5.41) is 4.50. The van der Waals surface area contributed by atoms with E-state index in [1.54, 1.807) is 11.8 Å². The summed E-state index contributed by atoms with van der Waals surface area (Å²) < 4.78 is 0. The Kier molecular flexibility index (Phi) is 4.85. The highest BCUT2D eigenvalue weighted by Crippen LogP contribution is 2.31. The van der Waals surface area contributed by atoms with Gasteiger partial charge in [-0.05, 0) is 42.4 Å². The number of aliphatic imine (C=N–C) groups is 1. The summed E-state index contributed by atoms with van der Waals surface area (Å²) in [6.45, 7) is 6.80. The molecule has 1 unspecified atom stereocenters. The molecule has 1 aromatic rings. The Morgan fingerprint density at radius 2 is 1.95 bits per heavy atom. The van der Waals surface area contributed by atoms with Gasteiger partial charge in [0.15, 0.2) is 5.17 Å². The van der Waals surface area contributed by atoms with Crippen LogP contribution in [0, 0.1) is 5.41 Å². The largest absolute Gasteiger partial charge is 0.335 e. The molecule has 1 atom stereocenters. The molecule has 2 rings (SSSR count). The summed E-state index contributed by atoms with van der Waals surface area (Å²) in [6.07, 6.45) is 3.27. The standard InChI is InChI=1S/C15H22N2S2/c1-15(2,3)13-9-10-19-14(17-13)16-11-5-7-12(18-4)8-6-11/h5-8,13H,9-10H2,1-4H3,(H,16,17). The van der Waals surface area contributed by atoms with Crippen molar-refractivity contribution in [2.45, 2.75) is 38.1 Å². The number of nitrogens with one attached hydrogen (secondary N) is 1. The van der Waals surface area contributed by atoms with Crippen LogP contribution in [0.3, 0.4) is 0 Å². The number of anilines is 1. The summed E-state index contributed by atoms with van der Waals surface area (Å²) in [5.74, 6) is 1.15. The molecule has 1 aromatic carbocycles. The fourth-order valence-corrected chi connectivity index (χ4v) is 3.34. The molecule has 0 spiro atoms. The van der Waals surface area contributed by atoms with Crippen LogP contribution in [0.15, 0.2) is 34.2 Å². The van der Waals surface area contributed by atoms with E-state index in [2.05, 4.69) is 56.6 Å². The highest BCUT2D eigenvalue weighted by Gasteiger charge is 2.27. The van der Waals surface area contributed by atoms with E-state index in [-0.39, 0.29) is 5.41 Å². The van der Waals surface area contributed by atoms with Crippen LogP contribution in [0.4, 0.5) is 5.69 Å². The number of amidine groups is 1. The molecule has 4 heteroatoms. The molecule has 0 bridgehead atoms. The molecule has 2 nitrogen and oxygen atoms in total. The predicted molar refractivity (Wildman–Crippen MR) is 89.6 cm³/mol. The van der Waals surface area contributed by atoms with Gasteiger partial charge in [-0.25, -0.2) is 0 Å². The number of nitrogens with zero attached hydrogens (tertiary/aromatic N) is 1. The van der Waals surface area contributed by atoms with E-state index >= 15 is 0 Å². The normalized spacial score (nSPS) is 20.0. The van der Waals surface area contributed by atoms with Crippen LogP contribution in [-0.2, 0) is 0 Å². The molecule has 0 aromatic heterocycles. The Morgan fingerprint density at radius 1 is 1.26 bits per heavy atom. The molecule has 0 amide bonds. The molecule has 1 heterocycles. The van der Waals surface area contributed by atoms with E-state index in [0.717, 1.165) is 16.6 Å². The van der Waals surface area contributed by atoms with Gasteiger partial charge in [0, 0.05) is 16.3 Å². The monoisotopic (exact) mass is 294 g/mol. The Labute approximate surface area is 124 Å². The molecular formula is C15H22N2S2. The van der Waals surface area contributed by atoms with Gasteiger partial charge in [-0.15, -0.1) is 11.8 Å². The Balaban J connectivity index is 2.07. The van der Waals surface area contributed by atoms with E-state index in [1.807, 2.05) is 11.8 Å². The van der Waals surface area contributed by atoms with Gasteiger partial charge in [0.05, 0.1) is 6.04 Å². The van der Waals surface area contributed by atoms with Gasteiger partial charge in [0.1, 0.15) is 0 Å². The van der Waals surface area contributed by atoms with Gasteiger partial charge in [-0.2, -0.15) is 0 Å². The lowest BCUT2D eigenvalue weighted by atomic mass is 9.85. The van der Waals surface area contributed by atoms with Crippen molar-refractivity contribution in [1.82, 2.24) is 0 Å². The van der Waals surface area contributed by atoms with Gasteiger partial charge in [0.25, 0.3) is 0 Å². The third kappa shape index (κ3) is 4.18. The Hall–Kier alpha value is -0.610. The molecule has 0 radical (unpaired) electrons. The lowest BCUT2D eigenvalue weighted by Crippen LogP contribution is -2.30. The van der Waals surface area contributed by atoms with Crippen LogP contribution in [0.25, 0.3) is 0 Å². The fourth-order valence-electron chi connectivity index (χ4n) is 2.00. The van der Waals surface area contributed by atoms with Crippen molar-refractivity contribution in [1.29, 1.82) is 0 Å². The smallest absolute Gasteiger partial charge is 0.161 e. The average Bonchev–Trinajstić information content (AvgIpc) is 2.39. The Morgan fingerprint density at radius 3 is 2.53 bits per heavy atom. The minimum atomic E-state index is 0.247. The zero-order chi connectivity index (χ0) is 13.9. The van der Waals surface area contributed by atoms with Crippen LogP contribution >= 0.6 is 23.5 Å². The molecule has 104 valence electrons. The molecular weight excluding hydrogens is 272 g/mol. The van der Waals surface area contributed by atoms with Crippen molar-refractivity contribution in [2.75, 3.05) is 17.3 Å². The zero-order valence-corrected chi connectivity index (χ0v) is 13.7. The first-order valence-corrected chi connectivity index (χ1v) is 8.82. The van der Waals surface area contributed by atoms with Gasteiger partial charge in [-0.1, -0.05) is 32.5 Å². The predicted octanol–water partition coefficient (Wildman–Crippen LogP) is 4.73. The highest BCUT2D eigenvalue weighted by molar-refractivity contribution is 8.14. The van der Waals surface area contributed by atoms with Crippen LogP contribution in [0.5, 0.6) is 0 Å². The maximum atomic E-state index is 4.85. The second-order valence-electron chi connectivity index (χ2n) is 5.81. The number of benzene rings is 1. The van der Waals surface area contributed by atoms with E-state index in [1.165, 1.54) is 11.3 Å². The first-order valence-electron chi connectivity index (χ1n) is 6.61. The average molecular weight is 294 g/mol. The third-order valence-electron chi connectivity index (χ3n) is 3.24. The van der Waals surface area contributed by atoms with E-state index in [0.29, 0.717) is 6.04 Å². The van der Waals surface area contributed by atoms with Gasteiger partial charge < -0.3 is 5.32 Å². The minimum absolute atomic E-state index is 0.247. The first kappa shape index (κ1) is 14.8. The van der Waals surface area contributed by atoms with E-state index in [9.17, 15) is 0 Å². The molecule has 1 N–H and O–H groups in total. The summed E-state index contributed by atoms with van der Waals surface area (Å²) in [4.78, 5) is 6.14. The van der Waals surface area contributed by atoms with Crippen LogP contribution in [0.2, 0.25) is 0 Å². The van der Waals surface area contributed by atoms with Crippen molar-refractivity contribution in [3.8, 4) is 0 Å². The quantitative estimate of drug-likeness (QED) is 0.798. The second kappa shape index (κ2) is 6.23. The highest BCUT2D eigenvalue weighted by atomic mass is 32.2. The fraction of sp³-hybridized carbons (Fsp3) is 0.533. The number of hydrogen-bond acceptors (Lipinski definition) is 4. The number of thioether (sulfide) groups is 2. The SMILES string of the molecule is CSc1ccc(NC2=NC(C(C)(C)C)CCS2)cc1. The number of hydrogen-bond donors (Lipinski definition) is 1. The van der Waals surface area contributed by atoms with Crippen molar-refractivity contribution in [2.24, 2.45) is 10.4 Å². The van der Waals surface area contributed by atoms with Crippen molar-refractivity contribution < 1.29 is 0 Å². The maximum absolute atomic E-state index is 4.85. The first-order chi connectivity index (χ1) is 8.99. The summed E-state index contributed by atoms with van der Waals surface area (Å²) in [5.41, 5.74) is 1.37. The van der Waals surface area contributed by atoms with Crippen molar-refractivity contribution in [3.63, 3.8) is 0 Å². The molecule has 19 heavy (non-hydrogen) atoms. The van der Waals surface area contributed by atoms with Crippen LogP contribution in [0.1, 0.15) is 27.2 Å². The van der Waals surface area contributed by atoms with Crippen molar-refractivity contribution in [3.05, 3.63) is 24.3 Å². The van der Waals surface area contributed by atoms with E-state index in [4.69, 9.17) is 4.99 Å². The summed E-state index contributed by atoms with van der Waals surface area (Å²) in [6, 6.07) is 8.94. The van der Waals surface area contributed by atoms with Gasteiger partial charge in [-0.3, -0.25) is 4.99 Å². The van der Waals surface area contributed by atoms with Gasteiger partial charge in [0.2, 0.25) is 0 Å². The summed E-state index contributed by atoms with van der Waals surface area (Å²) >= 11 is 3.59. The lowest BCUT2D eigenvalue weighted by molar-refractivity contribution is 0.316. The van der Waals surface area contributed by atoms with Crippen molar-refractivity contribution >= 4 is 34.4 Å². The maximum Gasteiger partial charge on any atom is 0.161 e. The molecule has 0 aliphatic carbocycles. The molecule has 0 fully saturated rings. The van der Waals surface area contributed by atoms with E-state index < -0.39 is 0 Å². The van der Waals surface area contributed by atoms with Crippen LogP contribution in [-0.4, -0.2) is 23.2 Å². The molecule has 1 aliphatic rings.